The largest absolute Gasteiger partial charge is 0.390 e. The molecule has 0 aliphatic carbocycles. The lowest BCUT2D eigenvalue weighted by Crippen LogP contribution is -2.48. The molecule has 0 aromatic heterocycles. The number of amides is 1. The number of hydrogen-bond acceptors (Lipinski definition) is 4. The highest BCUT2D eigenvalue weighted by Crippen LogP contribution is 2.10. The molecule has 5 heteroatoms. The van der Waals surface area contributed by atoms with Crippen molar-refractivity contribution in [3.63, 3.8) is 0 Å². The molecule has 0 spiro atoms. The summed E-state index contributed by atoms with van der Waals surface area (Å²) >= 11 is 0. The minimum Gasteiger partial charge on any atom is -0.390 e. The molecule has 2 aliphatic heterocycles. The third-order valence-electron chi connectivity index (χ3n) is 3.67. The van der Waals surface area contributed by atoms with Gasteiger partial charge >= 0.3 is 0 Å². The number of hydrogen-bond donors (Lipinski definition) is 1. The first-order chi connectivity index (χ1) is 8.15. The SMILES string of the molecule is CN1CCN(C[C@H](O)CN2CCCC2=O)CC1. The van der Waals surface area contributed by atoms with Gasteiger partial charge in [0.05, 0.1) is 6.10 Å². The molecule has 0 aromatic carbocycles. The van der Waals surface area contributed by atoms with E-state index in [1.165, 1.54) is 0 Å². The fourth-order valence-electron chi connectivity index (χ4n) is 2.54. The van der Waals surface area contributed by atoms with Gasteiger partial charge in [-0.3, -0.25) is 9.69 Å². The maximum absolute atomic E-state index is 11.4. The summed E-state index contributed by atoms with van der Waals surface area (Å²) in [6, 6.07) is 0. The van der Waals surface area contributed by atoms with Gasteiger partial charge in [0.15, 0.2) is 0 Å². The molecule has 0 aromatic rings. The van der Waals surface area contributed by atoms with E-state index in [-0.39, 0.29) is 5.91 Å². The second-order valence-electron chi connectivity index (χ2n) is 5.20. The number of β-amino-alcohol motifs (C(OH)–C–C–N with tert-alkyl or cyclic N) is 1. The van der Waals surface area contributed by atoms with Crippen LogP contribution < -0.4 is 0 Å². The molecule has 0 saturated carbocycles. The van der Waals surface area contributed by atoms with E-state index in [1.54, 1.807) is 4.90 Å². The van der Waals surface area contributed by atoms with Gasteiger partial charge in [-0.25, -0.2) is 0 Å². The van der Waals surface area contributed by atoms with Gasteiger partial charge in [-0.05, 0) is 13.5 Å². The number of piperazine rings is 1. The van der Waals surface area contributed by atoms with Crippen LogP contribution in [0.2, 0.25) is 0 Å². The lowest BCUT2D eigenvalue weighted by Gasteiger charge is -2.34. The van der Waals surface area contributed by atoms with Crippen molar-refractivity contribution in [1.29, 1.82) is 0 Å². The monoisotopic (exact) mass is 241 g/mol. The molecule has 1 amide bonds. The summed E-state index contributed by atoms with van der Waals surface area (Å²) in [5.74, 6) is 0.197. The molecule has 2 heterocycles. The number of nitrogens with zero attached hydrogens (tertiary/aromatic N) is 3. The van der Waals surface area contributed by atoms with Gasteiger partial charge in [0, 0.05) is 52.2 Å². The Hall–Kier alpha value is -0.650. The number of aliphatic hydroxyl groups excluding tert-OH is 1. The van der Waals surface area contributed by atoms with Crippen molar-refractivity contribution in [3.8, 4) is 0 Å². The number of carbonyl (C=O) groups is 1. The highest BCUT2D eigenvalue weighted by molar-refractivity contribution is 5.78. The van der Waals surface area contributed by atoms with E-state index in [4.69, 9.17) is 0 Å². The first kappa shape index (κ1) is 12.8. The molecule has 0 radical (unpaired) electrons. The maximum Gasteiger partial charge on any atom is 0.222 e. The number of aliphatic hydroxyl groups is 1. The molecule has 2 aliphatic rings. The predicted octanol–water partition coefficient (Wildman–Crippen LogP) is -0.783. The Morgan fingerprint density at radius 2 is 1.88 bits per heavy atom. The minimum atomic E-state index is -0.402. The lowest BCUT2D eigenvalue weighted by molar-refractivity contribution is -0.129. The summed E-state index contributed by atoms with van der Waals surface area (Å²) in [4.78, 5) is 17.8. The zero-order valence-electron chi connectivity index (χ0n) is 10.6. The minimum absolute atomic E-state index is 0.197. The quantitative estimate of drug-likeness (QED) is 0.701. The average Bonchev–Trinajstić information content (AvgIpc) is 2.68. The molecule has 2 rings (SSSR count). The van der Waals surface area contributed by atoms with E-state index in [9.17, 15) is 9.90 Å². The van der Waals surface area contributed by atoms with E-state index in [1.807, 2.05) is 0 Å². The van der Waals surface area contributed by atoms with Crippen molar-refractivity contribution in [2.24, 2.45) is 0 Å². The second kappa shape index (κ2) is 5.80. The Morgan fingerprint density at radius 1 is 1.18 bits per heavy atom. The van der Waals surface area contributed by atoms with Gasteiger partial charge in [-0.2, -0.15) is 0 Å². The first-order valence-corrected chi connectivity index (χ1v) is 6.52. The van der Waals surface area contributed by atoms with Crippen LogP contribution in [-0.2, 0) is 4.79 Å². The molecule has 98 valence electrons. The van der Waals surface area contributed by atoms with Crippen molar-refractivity contribution in [3.05, 3.63) is 0 Å². The van der Waals surface area contributed by atoms with Crippen molar-refractivity contribution in [2.45, 2.75) is 18.9 Å². The van der Waals surface area contributed by atoms with Gasteiger partial charge in [-0.1, -0.05) is 0 Å². The normalized spacial score (nSPS) is 25.5. The lowest BCUT2D eigenvalue weighted by atomic mass is 10.2. The van der Waals surface area contributed by atoms with Gasteiger partial charge < -0.3 is 14.9 Å². The molecule has 5 nitrogen and oxygen atoms in total. The maximum atomic E-state index is 11.4. The van der Waals surface area contributed by atoms with Crippen LogP contribution in [0.5, 0.6) is 0 Å². The fraction of sp³-hybridized carbons (Fsp3) is 0.917. The van der Waals surface area contributed by atoms with Gasteiger partial charge in [-0.15, -0.1) is 0 Å². The Bertz CT molecular complexity index is 264. The standard InChI is InChI=1S/C12H23N3O2/c1-13-5-7-14(8-6-13)9-11(16)10-15-4-2-3-12(15)17/h11,16H,2-10H2,1H3/t11-/m0/s1. The molecular weight excluding hydrogens is 218 g/mol. The van der Waals surface area contributed by atoms with Crippen LogP contribution in [0.15, 0.2) is 0 Å². The predicted molar refractivity (Wildman–Crippen MR) is 65.8 cm³/mol. The van der Waals surface area contributed by atoms with Crippen molar-refractivity contribution < 1.29 is 9.90 Å². The van der Waals surface area contributed by atoms with E-state index in [0.717, 1.165) is 39.1 Å². The zero-order valence-corrected chi connectivity index (χ0v) is 10.6. The summed E-state index contributed by atoms with van der Waals surface area (Å²) in [6.07, 6.45) is 1.20. The van der Waals surface area contributed by atoms with Gasteiger partial charge in [0.25, 0.3) is 0 Å². The molecule has 0 unspecified atom stereocenters. The van der Waals surface area contributed by atoms with Crippen LogP contribution >= 0.6 is 0 Å². The first-order valence-electron chi connectivity index (χ1n) is 6.52. The van der Waals surface area contributed by atoms with Crippen molar-refractivity contribution in [2.75, 3.05) is 52.9 Å². The molecular formula is C12H23N3O2. The molecule has 1 atom stereocenters. The Morgan fingerprint density at radius 3 is 2.47 bits per heavy atom. The van der Waals surface area contributed by atoms with Gasteiger partial charge in [0.2, 0.25) is 5.91 Å². The van der Waals surface area contributed by atoms with E-state index < -0.39 is 6.10 Å². The number of rotatable bonds is 4. The Labute approximate surface area is 103 Å². The van der Waals surface area contributed by atoms with Crippen LogP contribution in [0.4, 0.5) is 0 Å². The molecule has 0 bridgehead atoms. The van der Waals surface area contributed by atoms with Gasteiger partial charge in [0.1, 0.15) is 0 Å². The summed E-state index contributed by atoms with van der Waals surface area (Å²) < 4.78 is 0. The summed E-state index contributed by atoms with van der Waals surface area (Å²) in [7, 11) is 2.12. The summed E-state index contributed by atoms with van der Waals surface area (Å²) in [5, 5.41) is 10.00. The van der Waals surface area contributed by atoms with E-state index in [2.05, 4.69) is 16.8 Å². The summed E-state index contributed by atoms with van der Waals surface area (Å²) in [5.41, 5.74) is 0. The van der Waals surface area contributed by atoms with Crippen LogP contribution in [0.25, 0.3) is 0 Å². The topological polar surface area (TPSA) is 47.0 Å². The summed E-state index contributed by atoms with van der Waals surface area (Å²) in [6.45, 7) is 6.18. The third kappa shape index (κ3) is 3.66. The number of likely N-dealkylation sites (tertiary alicyclic amines) is 1. The second-order valence-corrected chi connectivity index (χ2v) is 5.20. The molecule has 2 fully saturated rings. The van der Waals surface area contributed by atoms with Crippen LogP contribution in [0.1, 0.15) is 12.8 Å². The third-order valence-corrected chi connectivity index (χ3v) is 3.67. The van der Waals surface area contributed by atoms with E-state index >= 15 is 0 Å². The highest BCUT2D eigenvalue weighted by atomic mass is 16.3. The highest BCUT2D eigenvalue weighted by Gasteiger charge is 2.24. The Balaban J connectivity index is 1.69. The van der Waals surface area contributed by atoms with E-state index in [0.29, 0.717) is 19.5 Å². The molecule has 1 N–H and O–H groups in total. The molecule has 17 heavy (non-hydrogen) atoms. The van der Waals surface area contributed by atoms with Crippen LogP contribution in [0.3, 0.4) is 0 Å². The average molecular weight is 241 g/mol. The Kier molecular flexibility index (Phi) is 4.36. The number of carbonyl (C=O) groups excluding carboxylic acids is 1. The van der Waals surface area contributed by atoms with Crippen molar-refractivity contribution >= 4 is 5.91 Å². The fourth-order valence-corrected chi connectivity index (χ4v) is 2.54. The van der Waals surface area contributed by atoms with Crippen molar-refractivity contribution in [1.82, 2.24) is 14.7 Å². The molecule has 2 saturated heterocycles. The number of likely N-dealkylation sites (N-methyl/N-ethyl adjacent to an activating group) is 1. The van der Waals surface area contributed by atoms with Crippen LogP contribution in [0, 0.1) is 0 Å². The van der Waals surface area contributed by atoms with Crippen LogP contribution in [-0.4, -0.2) is 84.7 Å². The smallest absolute Gasteiger partial charge is 0.222 e. The zero-order chi connectivity index (χ0) is 12.3.